The molecular formula is C14H18ClNO3. The summed E-state index contributed by atoms with van der Waals surface area (Å²) < 4.78 is 5.30. The van der Waals surface area contributed by atoms with E-state index >= 15 is 0 Å². The lowest BCUT2D eigenvalue weighted by Gasteiger charge is -2.11. The number of nitrogens with one attached hydrogen (secondary N) is 1. The van der Waals surface area contributed by atoms with Crippen molar-refractivity contribution in [3.05, 3.63) is 28.8 Å². The molecule has 0 saturated carbocycles. The summed E-state index contributed by atoms with van der Waals surface area (Å²) in [7, 11) is 0. The Morgan fingerprint density at radius 1 is 1.47 bits per heavy atom. The third-order valence-corrected chi connectivity index (χ3v) is 2.81. The van der Waals surface area contributed by atoms with E-state index in [2.05, 4.69) is 19.2 Å². The average Bonchev–Trinajstić information content (AvgIpc) is 2.36. The van der Waals surface area contributed by atoms with Crippen LogP contribution in [-0.4, -0.2) is 25.3 Å². The van der Waals surface area contributed by atoms with Gasteiger partial charge in [-0.25, -0.2) is 0 Å². The second kappa shape index (κ2) is 7.79. The maximum atomic E-state index is 11.5. The maximum absolute atomic E-state index is 11.5. The molecule has 0 saturated heterocycles. The van der Waals surface area contributed by atoms with Gasteiger partial charge in [0, 0.05) is 6.54 Å². The Kier molecular flexibility index (Phi) is 6.36. The van der Waals surface area contributed by atoms with E-state index < -0.39 is 0 Å². The van der Waals surface area contributed by atoms with E-state index in [0.29, 0.717) is 29.3 Å². The molecule has 5 heteroatoms. The first kappa shape index (κ1) is 15.5. The second-order valence-electron chi connectivity index (χ2n) is 4.60. The molecule has 0 unspecified atom stereocenters. The SMILES string of the molecule is CC(C)CCNC(=O)COc1c(Cl)cccc1C=O. The minimum atomic E-state index is -0.225. The minimum Gasteiger partial charge on any atom is -0.481 e. The summed E-state index contributed by atoms with van der Waals surface area (Å²) in [6.45, 7) is 4.64. The monoisotopic (exact) mass is 283 g/mol. The summed E-state index contributed by atoms with van der Waals surface area (Å²) in [6.07, 6.45) is 1.56. The zero-order valence-electron chi connectivity index (χ0n) is 11.1. The van der Waals surface area contributed by atoms with Crippen LogP contribution in [0.5, 0.6) is 5.75 Å². The topological polar surface area (TPSA) is 55.4 Å². The summed E-state index contributed by atoms with van der Waals surface area (Å²) in [5.41, 5.74) is 0.336. The van der Waals surface area contributed by atoms with Crippen molar-refractivity contribution in [1.82, 2.24) is 5.32 Å². The molecule has 0 spiro atoms. The van der Waals surface area contributed by atoms with Crippen LogP contribution in [0.25, 0.3) is 0 Å². The number of carbonyl (C=O) groups excluding carboxylic acids is 2. The molecule has 1 amide bonds. The molecule has 1 rings (SSSR count). The first-order valence-electron chi connectivity index (χ1n) is 6.17. The van der Waals surface area contributed by atoms with Gasteiger partial charge >= 0.3 is 0 Å². The van der Waals surface area contributed by atoms with Crippen molar-refractivity contribution < 1.29 is 14.3 Å². The molecule has 19 heavy (non-hydrogen) atoms. The van der Waals surface area contributed by atoms with E-state index in [1.54, 1.807) is 18.2 Å². The Hall–Kier alpha value is -1.55. The van der Waals surface area contributed by atoms with Crippen molar-refractivity contribution in [1.29, 1.82) is 0 Å². The fourth-order valence-electron chi connectivity index (χ4n) is 1.46. The third kappa shape index (κ3) is 5.30. The van der Waals surface area contributed by atoms with Crippen LogP contribution < -0.4 is 10.1 Å². The van der Waals surface area contributed by atoms with Crippen LogP contribution in [0, 0.1) is 5.92 Å². The fourth-order valence-corrected chi connectivity index (χ4v) is 1.70. The van der Waals surface area contributed by atoms with E-state index in [4.69, 9.17) is 16.3 Å². The molecule has 104 valence electrons. The largest absolute Gasteiger partial charge is 0.481 e. The predicted molar refractivity (Wildman–Crippen MR) is 74.8 cm³/mol. The Bertz CT molecular complexity index is 446. The summed E-state index contributed by atoms with van der Waals surface area (Å²) in [4.78, 5) is 22.4. The number of benzene rings is 1. The van der Waals surface area contributed by atoms with Crippen LogP contribution in [0.1, 0.15) is 30.6 Å². The first-order chi connectivity index (χ1) is 9.04. The van der Waals surface area contributed by atoms with E-state index in [9.17, 15) is 9.59 Å². The van der Waals surface area contributed by atoms with Crippen LogP contribution in [0.4, 0.5) is 0 Å². The highest BCUT2D eigenvalue weighted by atomic mass is 35.5. The number of hydrogen-bond acceptors (Lipinski definition) is 3. The lowest BCUT2D eigenvalue weighted by molar-refractivity contribution is -0.123. The van der Waals surface area contributed by atoms with Crippen molar-refractivity contribution in [2.24, 2.45) is 5.92 Å². The van der Waals surface area contributed by atoms with Gasteiger partial charge < -0.3 is 10.1 Å². The summed E-state index contributed by atoms with van der Waals surface area (Å²) in [5, 5.41) is 3.06. The highest BCUT2D eigenvalue weighted by molar-refractivity contribution is 6.32. The predicted octanol–water partition coefficient (Wildman–Crippen LogP) is 2.69. The van der Waals surface area contributed by atoms with Crippen molar-refractivity contribution in [2.45, 2.75) is 20.3 Å². The molecule has 0 aromatic heterocycles. The van der Waals surface area contributed by atoms with Crippen LogP contribution in [0.3, 0.4) is 0 Å². The number of para-hydroxylation sites is 1. The quantitative estimate of drug-likeness (QED) is 0.783. The van der Waals surface area contributed by atoms with Gasteiger partial charge in [-0.3, -0.25) is 9.59 Å². The molecule has 0 atom stereocenters. The first-order valence-corrected chi connectivity index (χ1v) is 6.55. The lowest BCUT2D eigenvalue weighted by Crippen LogP contribution is -2.30. The van der Waals surface area contributed by atoms with Gasteiger partial charge in [-0.15, -0.1) is 0 Å². The smallest absolute Gasteiger partial charge is 0.257 e. The molecule has 1 N–H and O–H groups in total. The maximum Gasteiger partial charge on any atom is 0.257 e. The molecule has 0 bridgehead atoms. The summed E-state index contributed by atoms with van der Waals surface area (Å²) in [6, 6.07) is 4.85. The molecular weight excluding hydrogens is 266 g/mol. The van der Waals surface area contributed by atoms with Gasteiger partial charge in [0.25, 0.3) is 5.91 Å². The summed E-state index contributed by atoms with van der Waals surface area (Å²) in [5.74, 6) is 0.557. The number of carbonyl (C=O) groups is 2. The van der Waals surface area contributed by atoms with Gasteiger partial charge in [-0.2, -0.15) is 0 Å². The van der Waals surface area contributed by atoms with Gasteiger partial charge in [-0.1, -0.05) is 31.5 Å². The highest BCUT2D eigenvalue weighted by Crippen LogP contribution is 2.27. The number of aldehydes is 1. The van der Waals surface area contributed by atoms with Crippen molar-refractivity contribution in [2.75, 3.05) is 13.2 Å². The average molecular weight is 284 g/mol. The zero-order chi connectivity index (χ0) is 14.3. The molecule has 0 aliphatic heterocycles. The van der Waals surface area contributed by atoms with Gasteiger partial charge in [-0.05, 0) is 24.5 Å². The van der Waals surface area contributed by atoms with Crippen molar-refractivity contribution >= 4 is 23.8 Å². The van der Waals surface area contributed by atoms with Crippen LogP contribution in [-0.2, 0) is 4.79 Å². The van der Waals surface area contributed by atoms with E-state index in [1.165, 1.54) is 0 Å². The Labute approximate surface area is 118 Å². The van der Waals surface area contributed by atoms with E-state index in [1.807, 2.05) is 0 Å². The molecule has 0 aliphatic rings. The van der Waals surface area contributed by atoms with Gasteiger partial charge in [0.05, 0.1) is 10.6 Å². The molecule has 0 radical (unpaired) electrons. The molecule has 1 aromatic carbocycles. The Morgan fingerprint density at radius 2 is 2.21 bits per heavy atom. The highest BCUT2D eigenvalue weighted by Gasteiger charge is 2.10. The molecule has 1 aromatic rings. The fraction of sp³-hybridized carbons (Fsp3) is 0.429. The van der Waals surface area contributed by atoms with Crippen molar-refractivity contribution in [3.8, 4) is 5.75 Å². The third-order valence-electron chi connectivity index (χ3n) is 2.52. The minimum absolute atomic E-state index is 0.150. The lowest BCUT2D eigenvalue weighted by atomic mass is 10.1. The van der Waals surface area contributed by atoms with E-state index in [-0.39, 0.29) is 18.3 Å². The number of rotatable bonds is 7. The van der Waals surface area contributed by atoms with Gasteiger partial charge in [0.15, 0.2) is 12.9 Å². The Balaban J connectivity index is 2.48. The number of amides is 1. The molecule has 0 heterocycles. The van der Waals surface area contributed by atoms with Gasteiger partial charge in [0.1, 0.15) is 5.75 Å². The van der Waals surface area contributed by atoms with E-state index in [0.717, 1.165) is 6.42 Å². The number of ether oxygens (including phenoxy) is 1. The normalized spacial score (nSPS) is 10.3. The molecule has 0 fully saturated rings. The zero-order valence-corrected chi connectivity index (χ0v) is 11.9. The molecule has 0 aliphatic carbocycles. The number of hydrogen-bond donors (Lipinski definition) is 1. The second-order valence-corrected chi connectivity index (χ2v) is 5.00. The number of halogens is 1. The van der Waals surface area contributed by atoms with Crippen LogP contribution in [0.15, 0.2) is 18.2 Å². The van der Waals surface area contributed by atoms with Crippen LogP contribution >= 0.6 is 11.6 Å². The standard InChI is InChI=1S/C14H18ClNO3/c1-10(2)6-7-16-13(18)9-19-14-11(8-17)4-3-5-12(14)15/h3-5,8,10H,6-7,9H2,1-2H3,(H,16,18). The molecule has 4 nitrogen and oxygen atoms in total. The van der Waals surface area contributed by atoms with Crippen LogP contribution in [0.2, 0.25) is 5.02 Å². The summed E-state index contributed by atoms with van der Waals surface area (Å²) >= 11 is 5.92. The Morgan fingerprint density at radius 3 is 2.84 bits per heavy atom. The van der Waals surface area contributed by atoms with Crippen molar-refractivity contribution in [3.63, 3.8) is 0 Å². The van der Waals surface area contributed by atoms with Gasteiger partial charge in [0.2, 0.25) is 0 Å².